The van der Waals surface area contributed by atoms with Crippen molar-refractivity contribution in [1.29, 1.82) is 0 Å². The third kappa shape index (κ3) is 6.13. The number of hydrogen-bond donors (Lipinski definition) is 0. The second-order valence-electron chi connectivity index (χ2n) is 7.46. The van der Waals surface area contributed by atoms with Gasteiger partial charge in [0.2, 0.25) is 0 Å². The van der Waals surface area contributed by atoms with E-state index in [2.05, 4.69) is 10.2 Å². The van der Waals surface area contributed by atoms with Gasteiger partial charge in [0.25, 0.3) is 0 Å². The van der Waals surface area contributed by atoms with E-state index in [0.717, 1.165) is 54.1 Å². The molecular weight excluding hydrogens is 371 g/mol. The van der Waals surface area contributed by atoms with Crippen LogP contribution in [0.25, 0.3) is 10.6 Å². The maximum absolute atomic E-state index is 13.0. The molecule has 0 amide bonds. The van der Waals surface area contributed by atoms with Gasteiger partial charge in [-0.3, -0.25) is 0 Å². The van der Waals surface area contributed by atoms with Crippen LogP contribution in [0.2, 0.25) is 0 Å². The van der Waals surface area contributed by atoms with E-state index < -0.39 is 14.6 Å². The van der Waals surface area contributed by atoms with Crippen LogP contribution in [-0.4, -0.2) is 29.1 Å². The van der Waals surface area contributed by atoms with E-state index in [1.807, 2.05) is 0 Å². The first-order valence-electron chi connectivity index (χ1n) is 9.00. The van der Waals surface area contributed by atoms with Gasteiger partial charge in [-0.25, -0.2) is 12.8 Å². The van der Waals surface area contributed by atoms with Crippen LogP contribution in [0.5, 0.6) is 0 Å². The molecule has 0 atom stereocenters. The second-order valence-corrected chi connectivity index (χ2v) is 11.4. The zero-order valence-corrected chi connectivity index (χ0v) is 17.3. The fourth-order valence-corrected chi connectivity index (χ4v) is 4.55. The largest absolute Gasteiger partial charge is 0.228 e. The van der Waals surface area contributed by atoms with Gasteiger partial charge in [0.1, 0.15) is 15.8 Å². The van der Waals surface area contributed by atoms with E-state index in [9.17, 15) is 12.8 Å². The number of aryl methyl sites for hydroxylation is 1. The quantitative estimate of drug-likeness (QED) is 0.555. The van der Waals surface area contributed by atoms with Gasteiger partial charge in [0, 0.05) is 12.0 Å². The predicted octanol–water partition coefficient (Wildman–Crippen LogP) is 5.05. The van der Waals surface area contributed by atoms with Crippen LogP contribution in [0.4, 0.5) is 4.39 Å². The van der Waals surface area contributed by atoms with Crippen LogP contribution in [0, 0.1) is 5.82 Å². The number of sulfone groups is 1. The molecule has 0 aliphatic rings. The zero-order chi connectivity index (χ0) is 19.2. The number of rotatable bonds is 9. The van der Waals surface area contributed by atoms with Gasteiger partial charge in [-0.2, -0.15) is 0 Å². The highest BCUT2D eigenvalue weighted by Gasteiger charge is 2.27. The zero-order valence-electron chi connectivity index (χ0n) is 15.7. The molecule has 0 aliphatic carbocycles. The molecule has 26 heavy (non-hydrogen) atoms. The average molecular weight is 399 g/mol. The maximum atomic E-state index is 13.0. The minimum atomic E-state index is -3.00. The van der Waals surface area contributed by atoms with E-state index in [1.165, 1.54) is 12.1 Å². The topological polar surface area (TPSA) is 59.9 Å². The van der Waals surface area contributed by atoms with Crippen molar-refractivity contribution in [3.05, 3.63) is 35.1 Å². The fraction of sp³-hybridized carbons (Fsp3) is 0.579. The van der Waals surface area contributed by atoms with E-state index in [4.69, 9.17) is 0 Å². The average Bonchev–Trinajstić information content (AvgIpc) is 3.02. The molecule has 1 aromatic carbocycles. The normalized spacial score (nSPS) is 12.5. The Morgan fingerprint density at radius 3 is 2.23 bits per heavy atom. The van der Waals surface area contributed by atoms with Crippen LogP contribution in [0.15, 0.2) is 24.3 Å². The number of unbranched alkanes of at least 4 members (excludes halogenated alkanes) is 4. The van der Waals surface area contributed by atoms with Gasteiger partial charge in [-0.05, 0) is 57.9 Å². The minimum absolute atomic E-state index is 0.256. The summed E-state index contributed by atoms with van der Waals surface area (Å²) >= 11 is 1.54. The van der Waals surface area contributed by atoms with Gasteiger partial charge >= 0.3 is 0 Å². The lowest BCUT2D eigenvalue weighted by Crippen LogP contribution is -2.30. The molecule has 0 aliphatic heterocycles. The summed E-state index contributed by atoms with van der Waals surface area (Å²) in [6, 6.07) is 6.28. The molecule has 0 spiro atoms. The Kier molecular flexibility index (Phi) is 7.29. The maximum Gasteiger partial charge on any atom is 0.155 e. The summed E-state index contributed by atoms with van der Waals surface area (Å²) in [5.74, 6) is 0.0160. The first kappa shape index (κ1) is 21.0. The van der Waals surface area contributed by atoms with Crippen molar-refractivity contribution in [3.8, 4) is 10.6 Å². The molecule has 0 bridgehead atoms. The molecule has 2 rings (SSSR count). The fourth-order valence-electron chi connectivity index (χ4n) is 2.47. The van der Waals surface area contributed by atoms with E-state index in [-0.39, 0.29) is 11.6 Å². The Balaban J connectivity index is 1.66. The van der Waals surface area contributed by atoms with Crippen LogP contribution in [-0.2, 0) is 16.3 Å². The first-order chi connectivity index (χ1) is 12.2. The van der Waals surface area contributed by atoms with Crippen molar-refractivity contribution in [2.24, 2.45) is 0 Å². The lowest BCUT2D eigenvalue weighted by atomic mass is 10.1. The van der Waals surface area contributed by atoms with E-state index in [1.54, 1.807) is 44.2 Å². The van der Waals surface area contributed by atoms with Gasteiger partial charge in [-0.15, -0.1) is 10.2 Å². The Morgan fingerprint density at radius 2 is 1.58 bits per heavy atom. The summed E-state index contributed by atoms with van der Waals surface area (Å²) in [7, 11) is -3.00. The van der Waals surface area contributed by atoms with Gasteiger partial charge in [0.15, 0.2) is 9.84 Å². The summed E-state index contributed by atoms with van der Waals surface area (Å²) in [5, 5.41) is 10.2. The molecule has 0 N–H and O–H groups in total. The van der Waals surface area contributed by atoms with Crippen LogP contribution in [0.1, 0.15) is 57.9 Å². The number of benzene rings is 1. The highest BCUT2D eigenvalue weighted by atomic mass is 32.2. The molecule has 1 heterocycles. The molecular formula is C19H27FN2O2S2. The van der Waals surface area contributed by atoms with Crippen molar-refractivity contribution >= 4 is 21.2 Å². The lowest BCUT2D eigenvalue weighted by molar-refractivity contribution is 0.552. The molecule has 0 unspecified atom stereocenters. The minimum Gasteiger partial charge on any atom is -0.228 e. The Bertz CT molecular complexity index is 794. The molecule has 0 fully saturated rings. The highest BCUT2D eigenvalue weighted by molar-refractivity contribution is 7.92. The lowest BCUT2D eigenvalue weighted by Gasteiger charge is -2.18. The van der Waals surface area contributed by atoms with Crippen LogP contribution >= 0.6 is 11.3 Å². The molecule has 0 saturated heterocycles. The molecule has 144 valence electrons. The molecule has 1 aromatic heterocycles. The number of halogens is 1. The molecule has 0 saturated carbocycles. The van der Waals surface area contributed by atoms with Gasteiger partial charge in [0.05, 0.1) is 10.5 Å². The van der Waals surface area contributed by atoms with Gasteiger partial charge < -0.3 is 0 Å². The summed E-state index contributed by atoms with van der Waals surface area (Å²) < 4.78 is 36.4. The van der Waals surface area contributed by atoms with E-state index >= 15 is 0 Å². The van der Waals surface area contributed by atoms with Crippen molar-refractivity contribution < 1.29 is 12.8 Å². The summed E-state index contributed by atoms with van der Waals surface area (Å²) in [6.07, 6.45) is 5.65. The number of aromatic nitrogens is 2. The van der Waals surface area contributed by atoms with Crippen LogP contribution < -0.4 is 0 Å². The number of nitrogens with zero attached hydrogens (tertiary/aromatic N) is 2. The standard InChI is InChI=1S/C19H27FN2O2S2/c1-19(2,3)26(23,24)14-8-6-4-5-7-9-17-21-22-18(25-17)15-10-12-16(20)13-11-15/h10-13H,4-9,14H2,1-3H3. The van der Waals surface area contributed by atoms with Gasteiger partial charge in [-0.1, -0.05) is 30.6 Å². The summed E-state index contributed by atoms with van der Waals surface area (Å²) in [6.45, 7) is 5.26. The molecule has 4 nitrogen and oxygen atoms in total. The van der Waals surface area contributed by atoms with Crippen molar-refractivity contribution in [3.63, 3.8) is 0 Å². The third-order valence-corrected chi connectivity index (χ3v) is 8.02. The smallest absolute Gasteiger partial charge is 0.155 e. The number of hydrogen-bond acceptors (Lipinski definition) is 5. The predicted molar refractivity (Wildman–Crippen MR) is 106 cm³/mol. The van der Waals surface area contributed by atoms with E-state index in [0.29, 0.717) is 0 Å². The summed E-state index contributed by atoms with van der Waals surface area (Å²) in [4.78, 5) is 0. The highest BCUT2D eigenvalue weighted by Crippen LogP contribution is 2.24. The third-order valence-electron chi connectivity index (χ3n) is 4.29. The van der Waals surface area contributed by atoms with Crippen LogP contribution in [0.3, 0.4) is 0 Å². The summed E-state index contributed by atoms with van der Waals surface area (Å²) in [5.41, 5.74) is 0.884. The Hall–Kier alpha value is -1.34. The molecule has 0 radical (unpaired) electrons. The molecule has 7 heteroatoms. The van der Waals surface area contributed by atoms with Crippen molar-refractivity contribution in [2.75, 3.05) is 5.75 Å². The molecule has 2 aromatic rings. The SMILES string of the molecule is CC(C)(C)S(=O)(=O)CCCCCCCc1nnc(-c2ccc(F)cc2)s1. The first-order valence-corrected chi connectivity index (χ1v) is 11.5. The monoisotopic (exact) mass is 398 g/mol. The Morgan fingerprint density at radius 1 is 0.962 bits per heavy atom. The van der Waals surface area contributed by atoms with Crippen molar-refractivity contribution in [2.45, 2.75) is 64.0 Å². The van der Waals surface area contributed by atoms with Crippen molar-refractivity contribution in [1.82, 2.24) is 10.2 Å². The second kappa shape index (κ2) is 9.04. The Labute approximate surface area is 159 Å².